The highest BCUT2D eigenvalue weighted by atomic mass is 35.5. The first-order valence-corrected chi connectivity index (χ1v) is 13.0. The Morgan fingerprint density at radius 1 is 1.03 bits per heavy atom. The number of piperazine rings is 1. The molecular formula is C27H29ClN4O3S. The van der Waals surface area contributed by atoms with E-state index in [0.717, 1.165) is 27.3 Å². The van der Waals surface area contributed by atoms with E-state index in [0.29, 0.717) is 42.5 Å². The van der Waals surface area contributed by atoms with Crippen LogP contribution in [0.4, 0.5) is 5.69 Å². The number of hydrogen-bond donors (Lipinski definition) is 2. The first kappa shape index (κ1) is 25.7. The molecule has 2 N–H and O–H groups in total. The minimum Gasteiger partial charge on any atom is -0.387 e. The Hall–Kier alpha value is -3.36. The van der Waals surface area contributed by atoms with E-state index >= 15 is 0 Å². The van der Waals surface area contributed by atoms with Gasteiger partial charge in [0.05, 0.1) is 12.2 Å². The lowest BCUT2D eigenvalue weighted by Gasteiger charge is -2.33. The Morgan fingerprint density at radius 2 is 1.72 bits per heavy atom. The fourth-order valence-electron chi connectivity index (χ4n) is 4.08. The van der Waals surface area contributed by atoms with Gasteiger partial charge in [0, 0.05) is 50.1 Å². The quantitative estimate of drug-likeness (QED) is 0.461. The third kappa shape index (κ3) is 6.25. The molecule has 3 amide bonds. The molecular weight excluding hydrogens is 496 g/mol. The van der Waals surface area contributed by atoms with E-state index in [1.165, 1.54) is 18.3 Å². The highest BCUT2D eigenvalue weighted by Gasteiger charge is 2.25. The molecule has 2 heterocycles. The van der Waals surface area contributed by atoms with Crippen molar-refractivity contribution in [1.29, 1.82) is 0 Å². The number of halogens is 1. The predicted octanol–water partition coefficient (Wildman–Crippen LogP) is 4.27. The van der Waals surface area contributed by atoms with Crippen LogP contribution in [0.1, 0.15) is 27.7 Å². The van der Waals surface area contributed by atoms with Gasteiger partial charge in [0.2, 0.25) is 11.8 Å². The van der Waals surface area contributed by atoms with E-state index in [-0.39, 0.29) is 24.3 Å². The molecule has 1 fully saturated rings. The van der Waals surface area contributed by atoms with Crippen molar-refractivity contribution in [1.82, 2.24) is 15.1 Å². The van der Waals surface area contributed by atoms with Gasteiger partial charge in [-0.25, -0.2) is 0 Å². The van der Waals surface area contributed by atoms with Crippen LogP contribution in [0.2, 0.25) is 5.02 Å². The monoisotopic (exact) mass is 524 g/mol. The van der Waals surface area contributed by atoms with Gasteiger partial charge in [0.25, 0.3) is 5.91 Å². The molecule has 0 saturated carbocycles. The number of carbonyl (C=O) groups excluding carboxylic acids is 3. The SMILES string of the molecule is CNc1cc(-c2ccc(Cl)cc2)sc1C(=O)NCCc1ccc(CN2CCN(C(C)=O)CC2=O)cc1. The smallest absolute Gasteiger partial charge is 0.263 e. The summed E-state index contributed by atoms with van der Waals surface area (Å²) in [6.07, 6.45) is 0.701. The molecule has 0 spiro atoms. The summed E-state index contributed by atoms with van der Waals surface area (Å²) in [5, 5.41) is 6.81. The molecule has 9 heteroatoms. The fraction of sp³-hybridized carbons (Fsp3) is 0.296. The van der Waals surface area contributed by atoms with E-state index in [4.69, 9.17) is 11.6 Å². The number of thiophene rings is 1. The largest absolute Gasteiger partial charge is 0.387 e. The number of nitrogens with zero attached hydrogens (tertiary/aromatic N) is 2. The van der Waals surface area contributed by atoms with Gasteiger partial charge in [0.15, 0.2) is 0 Å². The van der Waals surface area contributed by atoms with Crippen LogP contribution in [0.15, 0.2) is 54.6 Å². The molecule has 1 saturated heterocycles. The summed E-state index contributed by atoms with van der Waals surface area (Å²) in [5.74, 6) is -0.205. The van der Waals surface area contributed by atoms with Gasteiger partial charge < -0.3 is 20.4 Å². The maximum atomic E-state index is 12.9. The average molecular weight is 525 g/mol. The van der Waals surface area contributed by atoms with Crippen molar-refractivity contribution >= 4 is 46.3 Å². The van der Waals surface area contributed by atoms with Crippen molar-refractivity contribution in [2.45, 2.75) is 19.9 Å². The van der Waals surface area contributed by atoms with E-state index in [1.807, 2.05) is 61.6 Å². The molecule has 2 aromatic carbocycles. The topological polar surface area (TPSA) is 81.8 Å². The lowest BCUT2D eigenvalue weighted by molar-refractivity contribution is -0.144. The highest BCUT2D eigenvalue weighted by molar-refractivity contribution is 7.18. The number of hydrogen-bond acceptors (Lipinski definition) is 5. The lowest BCUT2D eigenvalue weighted by atomic mass is 10.1. The molecule has 1 aliphatic heterocycles. The Morgan fingerprint density at radius 3 is 2.36 bits per heavy atom. The number of nitrogens with one attached hydrogen (secondary N) is 2. The van der Waals surface area contributed by atoms with Crippen LogP contribution < -0.4 is 10.6 Å². The van der Waals surface area contributed by atoms with Gasteiger partial charge in [-0.15, -0.1) is 11.3 Å². The maximum absolute atomic E-state index is 12.9. The third-order valence-corrected chi connectivity index (χ3v) is 7.63. The van der Waals surface area contributed by atoms with E-state index in [2.05, 4.69) is 10.6 Å². The summed E-state index contributed by atoms with van der Waals surface area (Å²) >= 11 is 7.44. The minimum absolute atomic E-state index is 0.0306. The molecule has 0 radical (unpaired) electrons. The van der Waals surface area contributed by atoms with Gasteiger partial charge in [-0.3, -0.25) is 14.4 Å². The molecule has 0 unspecified atom stereocenters. The summed E-state index contributed by atoms with van der Waals surface area (Å²) < 4.78 is 0. The zero-order valence-corrected chi connectivity index (χ0v) is 21.9. The molecule has 0 aliphatic carbocycles. The second-order valence-corrected chi connectivity index (χ2v) is 10.2. The molecule has 1 aliphatic rings. The van der Waals surface area contributed by atoms with Crippen LogP contribution in [0.5, 0.6) is 0 Å². The zero-order chi connectivity index (χ0) is 25.7. The van der Waals surface area contributed by atoms with E-state index in [1.54, 1.807) is 9.80 Å². The maximum Gasteiger partial charge on any atom is 0.263 e. The van der Waals surface area contributed by atoms with Crippen molar-refractivity contribution in [2.75, 3.05) is 38.5 Å². The first-order chi connectivity index (χ1) is 17.3. The van der Waals surface area contributed by atoms with Crippen LogP contribution in [0, 0.1) is 0 Å². The molecule has 188 valence electrons. The summed E-state index contributed by atoms with van der Waals surface area (Å²) in [7, 11) is 1.81. The number of benzene rings is 2. The van der Waals surface area contributed by atoms with Crippen LogP contribution in [0.3, 0.4) is 0 Å². The fourth-order valence-corrected chi connectivity index (χ4v) is 5.29. The summed E-state index contributed by atoms with van der Waals surface area (Å²) in [4.78, 5) is 41.7. The molecule has 3 aromatic rings. The van der Waals surface area contributed by atoms with Crippen molar-refractivity contribution in [3.8, 4) is 10.4 Å². The summed E-state index contributed by atoms with van der Waals surface area (Å²) in [6, 6.07) is 17.6. The lowest BCUT2D eigenvalue weighted by Crippen LogP contribution is -2.51. The van der Waals surface area contributed by atoms with E-state index < -0.39 is 0 Å². The molecule has 0 atom stereocenters. The number of anilines is 1. The van der Waals surface area contributed by atoms with Crippen molar-refractivity contribution in [2.24, 2.45) is 0 Å². The second kappa shape index (κ2) is 11.6. The molecule has 36 heavy (non-hydrogen) atoms. The molecule has 7 nitrogen and oxygen atoms in total. The third-order valence-electron chi connectivity index (χ3n) is 6.20. The Bertz CT molecular complexity index is 1240. The first-order valence-electron chi connectivity index (χ1n) is 11.8. The standard InChI is InChI=1S/C27H29ClN4O3S/c1-18(33)31-13-14-32(25(34)17-31)16-20-5-3-19(4-6-20)11-12-30-27(35)26-23(29-2)15-24(36-26)21-7-9-22(28)10-8-21/h3-10,15,29H,11-14,16-17H2,1-2H3,(H,30,35). The van der Waals surface area contributed by atoms with Gasteiger partial charge in [0.1, 0.15) is 4.88 Å². The normalized spacial score (nSPS) is 13.6. The molecule has 4 rings (SSSR count). The van der Waals surface area contributed by atoms with Crippen molar-refractivity contribution in [3.05, 3.63) is 75.6 Å². The molecule has 1 aromatic heterocycles. The minimum atomic E-state index is -0.107. The highest BCUT2D eigenvalue weighted by Crippen LogP contribution is 2.35. The average Bonchev–Trinajstić information content (AvgIpc) is 3.31. The Kier molecular flexibility index (Phi) is 8.28. The number of amides is 3. The van der Waals surface area contributed by atoms with Crippen LogP contribution in [-0.2, 0) is 22.6 Å². The van der Waals surface area contributed by atoms with Gasteiger partial charge in [-0.1, -0.05) is 48.0 Å². The van der Waals surface area contributed by atoms with Gasteiger partial charge in [-0.05, 0) is 41.3 Å². The van der Waals surface area contributed by atoms with Gasteiger partial charge >= 0.3 is 0 Å². The van der Waals surface area contributed by atoms with E-state index in [9.17, 15) is 14.4 Å². The Labute approximate surface area is 220 Å². The molecule has 0 bridgehead atoms. The predicted molar refractivity (Wildman–Crippen MR) is 144 cm³/mol. The van der Waals surface area contributed by atoms with Crippen LogP contribution in [0.25, 0.3) is 10.4 Å². The van der Waals surface area contributed by atoms with Crippen LogP contribution in [-0.4, -0.2) is 60.7 Å². The number of carbonyl (C=O) groups is 3. The second-order valence-electron chi connectivity index (χ2n) is 8.69. The summed E-state index contributed by atoms with van der Waals surface area (Å²) in [5.41, 5.74) is 3.96. The van der Waals surface area contributed by atoms with Gasteiger partial charge in [-0.2, -0.15) is 0 Å². The zero-order valence-electron chi connectivity index (χ0n) is 20.3. The number of rotatable bonds is 8. The van der Waals surface area contributed by atoms with Crippen LogP contribution >= 0.6 is 22.9 Å². The van der Waals surface area contributed by atoms with Crippen molar-refractivity contribution in [3.63, 3.8) is 0 Å². The van der Waals surface area contributed by atoms with Crippen molar-refractivity contribution < 1.29 is 14.4 Å². The Balaban J connectivity index is 1.29. The summed E-state index contributed by atoms with van der Waals surface area (Å²) in [6.45, 7) is 3.79.